The molecule has 2 heterocycles. The maximum atomic E-state index is 12.1. The van der Waals surface area contributed by atoms with Crippen molar-refractivity contribution in [1.82, 2.24) is 0 Å². The van der Waals surface area contributed by atoms with Crippen molar-refractivity contribution >= 4 is 45.1 Å². The minimum atomic E-state index is -0.898. The van der Waals surface area contributed by atoms with Crippen molar-refractivity contribution in [3.63, 3.8) is 0 Å². The molecule has 1 unspecified atom stereocenters. The molecule has 4 aromatic rings. The van der Waals surface area contributed by atoms with Gasteiger partial charge in [0.15, 0.2) is 0 Å². The maximum absolute atomic E-state index is 12.1. The molecule has 0 bridgehead atoms. The second kappa shape index (κ2) is 7.95. The largest absolute Gasteiger partial charge is 0.460 e. The van der Waals surface area contributed by atoms with Crippen LogP contribution in [0.3, 0.4) is 0 Å². The number of esters is 1. The van der Waals surface area contributed by atoms with Gasteiger partial charge >= 0.3 is 5.97 Å². The molecule has 6 rings (SSSR count). The number of carbonyl (C=O) groups is 1. The van der Waals surface area contributed by atoms with E-state index >= 15 is 0 Å². The van der Waals surface area contributed by atoms with Gasteiger partial charge in [0.25, 0.3) is 0 Å². The van der Waals surface area contributed by atoms with Crippen LogP contribution in [0.15, 0.2) is 89.9 Å². The fraction of sp³-hybridized carbons (Fsp3) is 0.226. The first-order valence-corrected chi connectivity index (χ1v) is 12.2. The molecule has 5 heteroatoms. The van der Waals surface area contributed by atoms with E-state index in [1.807, 2.05) is 24.4 Å². The highest BCUT2D eigenvalue weighted by atomic mass is 16.5. The van der Waals surface area contributed by atoms with Gasteiger partial charge in [-0.15, -0.1) is 0 Å². The average Bonchev–Trinajstić information content (AvgIpc) is 3.06. The molecule has 2 aliphatic rings. The minimum Gasteiger partial charge on any atom is -0.460 e. The molecule has 4 aromatic carbocycles. The number of aliphatic imine (C=N–C) groups is 1. The van der Waals surface area contributed by atoms with Gasteiger partial charge in [0.1, 0.15) is 18.0 Å². The molecular formula is C31H28N2O3. The lowest BCUT2D eigenvalue weighted by Crippen LogP contribution is -2.62. The average molecular weight is 477 g/mol. The van der Waals surface area contributed by atoms with E-state index in [4.69, 9.17) is 14.5 Å². The van der Waals surface area contributed by atoms with E-state index in [9.17, 15) is 4.79 Å². The zero-order valence-corrected chi connectivity index (χ0v) is 20.7. The number of hydrogen-bond acceptors (Lipinski definition) is 5. The van der Waals surface area contributed by atoms with Gasteiger partial charge in [-0.1, -0.05) is 67.2 Å². The molecule has 0 fully saturated rings. The minimum absolute atomic E-state index is 0.206. The van der Waals surface area contributed by atoms with Crippen LogP contribution in [0.2, 0.25) is 0 Å². The Bertz CT molecular complexity index is 1590. The molecule has 0 saturated heterocycles. The molecule has 2 aliphatic heterocycles. The number of ether oxygens (including phenoxy) is 2. The lowest BCUT2D eigenvalue weighted by molar-refractivity contribution is -0.138. The van der Waals surface area contributed by atoms with Crippen molar-refractivity contribution in [1.29, 1.82) is 0 Å². The van der Waals surface area contributed by atoms with Crippen LogP contribution in [0.1, 0.15) is 26.3 Å². The van der Waals surface area contributed by atoms with Gasteiger partial charge in [-0.05, 0) is 54.6 Å². The number of carbonyl (C=O) groups excluding carboxylic acids is 1. The fourth-order valence-electron chi connectivity index (χ4n) is 5.69. The third-order valence-electron chi connectivity index (χ3n) is 7.51. The summed E-state index contributed by atoms with van der Waals surface area (Å²) < 4.78 is 12.5. The number of fused-ring (bicyclic) bond motifs is 6. The number of anilines is 1. The Morgan fingerprint density at radius 3 is 2.39 bits per heavy atom. The van der Waals surface area contributed by atoms with Crippen LogP contribution in [0.4, 0.5) is 11.4 Å². The summed E-state index contributed by atoms with van der Waals surface area (Å²) in [5.74, 6) is 0.349. The van der Waals surface area contributed by atoms with E-state index in [1.165, 1.54) is 16.3 Å². The molecule has 1 atom stereocenters. The Morgan fingerprint density at radius 2 is 1.64 bits per heavy atom. The third kappa shape index (κ3) is 3.08. The summed E-state index contributed by atoms with van der Waals surface area (Å²) in [6, 6.07) is 25.0. The van der Waals surface area contributed by atoms with Crippen LogP contribution in [-0.4, -0.2) is 31.1 Å². The molecular weight excluding hydrogens is 448 g/mol. The first-order valence-electron chi connectivity index (χ1n) is 12.2. The summed E-state index contributed by atoms with van der Waals surface area (Å²) in [5, 5.41) is 4.54. The zero-order valence-electron chi connectivity index (χ0n) is 20.7. The molecule has 5 nitrogen and oxygen atoms in total. The van der Waals surface area contributed by atoms with Crippen molar-refractivity contribution in [3.05, 3.63) is 90.5 Å². The van der Waals surface area contributed by atoms with Crippen LogP contribution in [0.5, 0.6) is 5.75 Å². The summed E-state index contributed by atoms with van der Waals surface area (Å²) >= 11 is 0. The smallest absolute Gasteiger partial charge is 0.333 e. The molecule has 1 spiro atoms. The number of rotatable bonds is 4. The summed E-state index contributed by atoms with van der Waals surface area (Å²) in [7, 11) is 0. The van der Waals surface area contributed by atoms with Gasteiger partial charge in [-0.25, -0.2) is 4.79 Å². The fourth-order valence-corrected chi connectivity index (χ4v) is 5.69. The normalized spacial score (nSPS) is 19.2. The van der Waals surface area contributed by atoms with E-state index in [2.05, 4.69) is 79.9 Å². The van der Waals surface area contributed by atoms with Crippen molar-refractivity contribution in [2.45, 2.75) is 31.9 Å². The quantitative estimate of drug-likeness (QED) is 0.243. The van der Waals surface area contributed by atoms with Crippen molar-refractivity contribution in [3.8, 4) is 5.75 Å². The molecule has 0 radical (unpaired) electrons. The second-order valence-corrected chi connectivity index (χ2v) is 10.1. The lowest BCUT2D eigenvalue weighted by Gasteiger charge is -2.46. The van der Waals surface area contributed by atoms with Crippen LogP contribution in [0, 0.1) is 0 Å². The highest BCUT2D eigenvalue weighted by Gasteiger charge is 2.60. The Hall–Kier alpha value is -4.12. The molecule has 180 valence electrons. The van der Waals surface area contributed by atoms with Crippen LogP contribution >= 0.6 is 0 Å². The number of benzene rings is 4. The Kier molecular flexibility index (Phi) is 4.94. The van der Waals surface area contributed by atoms with Crippen LogP contribution in [0.25, 0.3) is 21.5 Å². The Labute approximate surface area is 210 Å². The van der Waals surface area contributed by atoms with E-state index in [1.54, 1.807) is 6.92 Å². The van der Waals surface area contributed by atoms with Crippen LogP contribution in [-0.2, 0) is 14.9 Å². The van der Waals surface area contributed by atoms with Crippen LogP contribution < -0.4 is 9.64 Å². The predicted octanol–water partition coefficient (Wildman–Crippen LogP) is 6.70. The van der Waals surface area contributed by atoms with E-state index < -0.39 is 17.1 Å². The molecule has 36 heavy (non-hydrogen) atoms. The van der Waals surface area contributed by atoms with Crippen molar-refractivity contribution in [2.24, 2.45) is 4.99 Å². The highest BCUT2D eigenvalue weighted by molar-refractivity contribution is 6.02. The molecule has 0 aliphatic carbocycles. The first kappa shape index (κ1) is 22.4. The summed E-state index contributed by atoms with van der Waals surface area (Å²) in [4.78, 5) is 19.3. The van der Waals surface area contributed by atoms with Crippen molar-refractivity contribution in [2.75, 3.05) is 18.1 Å². The monoisotopic (exact) mass is 476 g/mol. The summed E-state index contributed by atoms with van der Waals surface area (Å²) in [6.45, 7) is 10.4. The van der Waals surface area contributed by atoms with E-state index in [-0.39, 0.29) is 6.61 Å². The van der Waals surface area contributed by atoms with Gasteiger partial charge in [0.2, 0.25) is 5.72 Å². The molecule has 0 saturated carbocycles. The number of hydrogen-bond donors (Lipinski definition) is 0. The first-order chi connectivity index (χ1) is 17.3. The topological polar surface area (TPSA) is 51.1 Å². The van der Waals surface area contributed by atoms with Gasteiger partial charge in [-0.3, -0.25) is 4.99 Å². The van der Waals surface area contributed by atoms with E-state index in [0.29, 0.717) is 12.1 Å². The van der Waals surface area contributed by atoms with Gasteiger partial charge in [-0.2, -0.15) is 0 Å². The second-order valence-electron chi connectivity index (χ2n) is 10.1. The lowest BCUT2D eigenvalue weighted by atomic mass is 9.75. The molecule has 0 amide bonds. The highest BCUT2D eigenvalue weighted by Crippen LogP contribution is 2.56. The summed E-state index contributed by atoms with van der Waals surface area (Å²) in [6.07, 6.45) is 1.94. The maximum Gasteiger partial charge on any atom is 0.333 e. The predicted molar refractivity (Wildman–Crippen MR) is 146 cm³/mol. The number of nitrogens with zero attached hydrogens (tertiary/aromatic N) is 2. The van der Waals surface area contributed by atoms with Gasteiger partial charge < -0.3 is 14.4 Å². The van der Waals surface area contributed by atoms with Gasteiger partial charge in [0, 0.05) is 16.6 Å². The third-order valence-corrected chi connectivity index (χ3v) is 7.51. The molecule has 0 N–H and O–H groups in total. The SMILES string of the molecule is C=C(C)C(=O)OCCN1c2ccc3ccccc3c2C(C)(C)C12C=Nc1c(ccc3ccccc13)O2. The Balaban J connectivity index is 1.51. The van der Waals surface area contributed by atoms with Crippen molar-refractivity contribution < 1.29 is 14.3 Å². The summed E-state index contributed by atoms with van der Waals surface area (Å²) in [5.41, 5.74) is 2.11. The molecule has 0 aromatic heterocycles. The zero-order chi connectivity index (χ0) is 25.1. The standard InChI is InChI=1S/C31H28N2O3/c1-20(2)29(34)35-18-17-33-25-15-13-21-9-5-7-11-23(21)27(25)30(3,4)31(33)19-32-28-24-12-8-6-10-22(24)14-16-26(28)36-31/h5-16,19H,1,17-18H2,2-4H3. The van der Waals surface area contributed by atoms with Gasteiger partial charge in [0.05, 0.1) is 18.2 Å². The van der Waals surface area contributed by atoms with E-state index in [0.717, 1.165) is 27.9 Å². The Morgan fingerprint density at radius 1 is 0.972 bits per heavy atom.